The van der Waals surface area contributed by atoms with Crippen LogP contribution in [0.25, 0.3) is 0 Å². The third kappa shape index (κ3) is 7.45. The van der Waals surface area contributed by atoms with Gasteiger partial charge in [-0.1, -0.05) is 0 Å². The van der Waals surface area contributed by atoms with E-state index in [-0.39, 0.29) is 12.8 Å². The molecular formula is C8H11F2O4. The summed E-state index contributed by atoms with van der Waals surface area (Å²) in [5, 5.41) is 9.89. The number of hydrogen-bond acceptors (Lipinski definition) is 3. The van der Waals surface area contributed by atoms with E-state index in [9.17, 15) is 23.5 Å². The maximum absolute atomic E-state index is 12.6. The molecule has 0 saturated carbocycles. The second-order valence-electron chi connectivity index (χ2n) is 2.65. The minimum absolute atomic E-state index is 0.0241. The molecule has 0 aromatic carbocycles. The lowest BCUT2D eigenvalue weighted by atomic mass is 10.3. The number of esters is 1. The summed E-state index contributed by atoms with van der Waals surface area (Å²) >= 11 is 0. The van der Waals surface area contributed by atoms with Crippen molar-refractivity contribution in [2.45, 2.75) is 25.4 Å². The minimum atomic E-state index is -1.77. The molecule has 1 atom stereocenters. The Labute approximate surface area is 79.9 Å². The van der Waals surface area contributed by atoms with Gasteiger partial charge in [-0.05, 0) is 6.42 Å². The monoisotopic (exact) mass is 209 g/mol. The lowest BCUT2D eigenvalue weighted by Crippen LogP contribution is -2.17. The van der Waals surface area contributed by atoms with Crippen LogP contribution in [-0.4, -0.2) is 31.4 Å². The number of carbonyl (C=O) groups excluding carboxylic acids is 2. The number of carbonyl (C=O) groups is 2. The van der Waals surface area contributed by atoms with Gasteiger partial charge in [0, 0.05) is 6.42 Å². The Morgan fingerprint density at radius 2 is 2.00 bits per heavy atom. The predicted molar refractivity (Wildman–Crippen MR) is 41.4 cm³/mol. The van der Waals surface area contributed by atoms with Crippen molar-refractivity contribution >= 4 is 11.9 Å². The molecule has 0 aromatic heterocycles. The van der Waals surface area contributed by atoms with E-state index in [2.05, 4.69) is 4.74 Å². The number of hydrogen-bond donors (Lipinski definition) is 0. The average Bonchev–Trinajstić information content (AvgIpc) is 2.10. The molecule has 1 unspecified atom stereocenters. The van der Waals surface area contributed by atoms with Crippen LogP contribution in [0.4, 0.5) is 8.78 Å². The lowest BCUT2D eigenvalue weighted by molar-refractivity contribution is -0.150. The molecule has 14 heavy (non-hydrogen) atoms. The zero-order chi connectivity index (χ0) is 11.0. The SMILES string of the molecule is [O]C(=O)CC(F)COC(=O)CCCF. The van der Waals surface area contributed by atoms with Crippen LogP contribution in [-0.2, 0) is 19.4 Å². The molecule has 0 amide bonds. The fourth-order valence-corrected chi connectivity index (χ4v) is 0.706. The summed E-state index contributed by atoms with van der Waals surface area (Å²) in [6.45, 7) is -1.27. The summed E-state index contributed by atoms with van der Waals surface area (Å²) in [5.41, 5.74) is 0. The molecule has 6 heteroatoms. The molecule has 1 radical (unpaired) electrons. The highest BCUT2D eigenvalue weighted by Crippen LogP contribution is 2.01. The van der Waals surface area contributed by atoms with Gasteiger partial charge in [-0.2, -0.15) is 0 Å². The van der Waals surface area contributed by atoms with Crippen LogP contribution >= 0.6 is 0 Å². The normalized spacial score (nSPS) is 12.1. The van der Waals surface area contributed by atoms with Crippen molar-refractivity contribution < 1.29 is 28.2 Å². The zero-order valence-corrected chi connectivity index (χ0v) is 7.50. The predicted octanol–water partition coefficient (Wildman–Crippen LogP) is 0.965. The van der Waals surface area contributed by atoms with Gasteiger partial charge in [-0.25, -0.2) is 14.3 Å². The molecule has 0 fully saturated rings. The molecule has 0 N–H and O–H groups in total. The first kappa shape index (κ1) is 12.8. The maximum atomic E-state index is 12.6. The van der Waals surface area contributed by atoms with Crippen LogP contribution in [0.15, 0.2) is 0 Å². The summed E-state index contributed by atoms with van der Waals surface area (Å²) in [6.07, 6.45) is -2.68. The first-order chi connectivity index (χ1) is 6.56. The van der Waals surface area contributed by atoms with Crippen LogP contribution < -0.4 is 0 Å². The minimum Gasteiger partial charge on any atom is -0.463 e. The lowest BCUT2D eigenvalue weighted by Gasteiger charge is -2.05. The molecule has 0 saturated heterocycles. The number of alkyl halides is 2. The van der Waals surface area contributed by atoms with E-state index in [1.54, 1.807) is 0 Å². The van der Waals surface area contributed by atoms with Crippen LogP contribution in [0.5, 0.6) is 0 Å². The summed E-state index contributed by atoms with van der Waals surface area (Å²) in [5.74, 6) is -2.28. The van der Waals surface area contributed by atoms with Crippen molar-refractivity contribution in [2.75, 3.05) is 13.3 Å². The molecule has 0 aliphatic rings. The third-order valence-corrected chi connectivity index (χ3v) is 1.33. The van der Waals surface area contributed by atoms with Gasteiger partial charge in [-0.15, -0.1) is 0 Å². The van der Waals surface area contributed by atoms with E-state index in [0.717, 1.165) is 0 Å². The van der Waals surface area contributed by atoms with Crippen LogP contribution in [0.3, 0.4) is 0 Å². The second kappa shape index (κ2) is 7.23. The number of halogens is 2. The molecule has 0 heterocycles. The van der Waals surface area contributed by atoms with Crippen molar-refractivity contribution in [3.8, 4) is 0 Å². The maximum Gasteiger partial charge on any atom is 0.358 e. The standard InChI is InChI=1S/C8H11F2O4/c9-3-1-2-8(13)14-5-6(10)4-7(11)12/h6H,1-5H2. The Morgan fingerprint density at radius 1 is 1.36 bits per heavy atom. The van der Waals surface area contributed by atoms with Gasteiger partial charge < -0.3 is 4.74 Å². The molecule has 4 nitrogen and oxygen atoms in total. The van der Waals surface area contributed by atoms with E-state index < -0.39 is 37.8 Å². The highest BCUT2D eigenvalue weighted by atomic mass is 19.1. The summed E-state index contributed by atoms with van der Waals surface area (Å²) < 4.78 is 28.5. The van der Waals surface area contributed by atoms with Gasteiger partial charge in [-0.3, -0.25) is 9.18 Å². The van der Waals surface area contributed by atoms with Crippen molar-refractivity contribution in [1.82, 2.24) is 0 Å². The molecule has 0 spiro atoms. The van der Waals surface area contributed by atoms with Crippen molar-refractivity contribution in [2.24, 2.45) is 0 Å². The molecule has 0 bridgehead atoms. The molecule has 0 aromatic rings. The first-order valence-corrected chi connectivity index (χ1v) is 4.11. The Bertz CT molecular complexity index is 196. The number of ether oxygens (including phenoxy) is 1. The number of rotatable bonds is 7. The molecule has 0 rings (SSSR count). The highest BCUT2D eigenvalue weighted by molar-refractivity contribution is 5.69. The fraction of sp³-hybridized carbons (Fsp3) is 0.750. The first-order valence-electron chi connectivity index (χ1n) is 4.11. The van der Waals surface area contributed by atoms with E-state index in [1.807, 2.05) is 0 Å². The Kier molecular flexibility index (Phi) is 6.61. The molecule has 81 valence electrons. The van der Waals surface area contributed by atoms with Crippen molar-refractivity contribution in [1.29, 1.82) is 0 Å². The van der Waals surface area contributed by atoms with Crippen LogP contribution in [0.1, 0.15) is 19.3 Å². The average molecular weight is 209 g/mol. The van der Waals surface area contributed by atoms with Gasteiger partial charge in [0.25, 0.3) is 0 Å². The van der Waals surface area contributed by atoms with Gasteiger partial charge in [0.2, 0.25) is 0 Å². The largest absolute Gasteiger partial charge is 0.463 e. The van der Waals surface area contributed by atoms with Crippen molar-refractivity contribution in [3.63, 3.8) is 0 Å². The quantitative estimate of drug-likeness (QED) is 0.587. The molecule has 0 aliphatic heterocycles. The Morgan fingerprint density at radius 3 is 2.50 bits per heavy atom. The second-order valence-corrected chi connectivity index (χ2v) is 2.65. The summed E-state index contributed by atoms with van der Waals surface area (Å²) in [7, 11) is 0. The van der Waals surface area contributed by atoms with E-state index >= 15 is 0 Å². The van der Waals surface area contributed by atoms with Crippen LogP contribution in [0, 0.1) is 0 Å². The topological polar surface area (TPSA) is 63.3 Å². The van der Waals surface area contributed by atoms with Gasteiger partial charge >= 0.3 is 11.9 Å². The van der Waals surface area contributed by atoms with E-state index in [0.29, 0.717) is 0 Å². The summed E-state index contributed by atoms with van der Waals surface area (Å²) in [6, 6.07) is 0. The highest BCUT2D eigenvalue weighted by Gasteiger charge is 2.15. The van der Waals surface area contributed by atoms with Gasteiger partial charge in [0.1, 0.15) is 12.8 Å². The fourth-order valence-electron chi connectivity index (χ4n) is 0.706. The third-order valence-electron chi connectivity index (χ3n) is 1.33. The van der Waals surface area contributed by atoms with E-state index in [4.69, 9.17) is 0 Å². The van der Waals surface area contributed by atoms with Gasteiger partial charge in [0.05, 0.1) is 13.1 Å². The van der Waals surface area contributed by atoms with Crippen molar-refractivity contribution in [3.05, 3.63) is 0 Å². The summed E-state index contributed by atoms with van der Waals surface area (Å²) in [4.78, 5) is 20.6. The smallest absolute Gasteiger partial charge is 0.358 e. The van der Waals surface area contributed by atoms with Crippen LogP contribution in [0.2, 0.25) is 0 Å². The van der Waals surface area contributed by atoms with Gasteiger partial charge in [0.15, 0.2) is 0 Å². The van der Waals surface area contributed by atoms with E-state index in [1.165, 1.54) is 0 Å². The zero-order valence-electron chi connectivity index (χ0n) is 7.50. The molecule has 0 aliphatic carbocycles. The Balaban J connectivity index is 3.50. The molecular weight excluding hydrogens is 198 g/mol. The Hall–Kier alpha value is -1.20.